The van der Waals surface area contributed by atoms with Gasteiger partial charge in [0.1, 0.15) is 5.82 Å². The first-order valence-electron chi connectivity index (χ1n) is 12.7. The maximum atomic E-state index is 13.8. The second-order valence-electron chi connectivity index (χ2n) is 10.5. The van der Waals surface area contributed by atoms with Crippen LogP contribution in [0.1, 0.15) is 66.9 Å². The molecular formula is C29H31F4NO2. The molecule has 0 N–H and O–H groups in total. The zero-order valence-electron chi connectivity index (χ0n) is 20.5. The Morgan fingerprint density at radius 2 is 1.78 bits per heavy atom. The number of ketones is 1. The first-order valence-corrected chi connectivity index (χ1v) is 12.7. The summed E-state index contributed by atoms with van der Waals surface area (Å²) < 4.78 is 60.6. The molecule has 5 rings (SSSR count). The lowest BCUT2D eigenvalue weighted by atomic mass is 9.69. The van der Waals surface area contributed by atoms with Crippen LogP contribution in [0.15, 0.2) is 54.2 Å². The Balaban J connectivity index is 1.42. The van der Waals surface area contributed by atoms with Crippen LogP contribution in [0.3, 0.4) is 0 Å². The zero-order chi connectivity index (χ0) is 25.6. The quantitative estimate of drug-likeness (QED) is 0.415. The van der Waals surface area contributed by atoms with E-state index in [1.54, 1.807) is 38.1 Å². The summed E-state index contributed by atoms with van der Waals surface area (Å²) in [5.41, 5.74) is 2.46. The summed E-state index contributed by atoms with van der Waals surface area (Å²) in [7, 11) is 0. The maximum absolute atomic E-state index is 13.8. The monoisotopic (exact) mass is 501 g/mol. The molecule has 192 valence electrons. The molecule has 0 aromatic heterocycles. The number of likely N-dealkylation sites (tertiary alicyclic amines) is 1. The number of carbonyl (C=O) groups is 1. The van der Waals surface area contributed by atoms with E-state index in [9.17, 15) is 22.4 Å². The summed E-state index contributed by atoms with van der Waals surface area (Å²) in [6.07, 6.45) is -0.345. The van der Waals surface area contributed by atoms with Crippen molar-refractivity contribution in [2.45, 2.75) is 63.8 Å². The summed E-state index contributed by atoms with van der Waals surface area (Å²) >= 11 is 0. The van der Waals surface area contributed by atoms with Gasteiger partial charge in [0.15, 0.2) is 5.78 Å². The Hall–Kier alpha value is -2.67. The van der Waals surface area contributed by atoms with Crippen LogP contribution < -0.4 is 0 Å². The normalized spacial score (nSPS) is 27.2. The van der Waals surface area contributed by atoms with Crippen LogP contribution in [0.4, 0.5) is 17.6 Å². The predicted molar refractivity (Wildman–Crippen MR) is 129 cm³/mol. The van der Waals surface area contributed by atoms with Crippen LogP contribution in [0.2, 0.25) is 0 Å². The number of hydrogen-bond acceptors (Lipinski definition) is 3. The highest BCUT2D eigenvalue weighted by molar-refractivity contribution is 5.92. The molecule has 1 aliphatic heterocycles. The lowest BCUT2D eigenvalue weighted by molar-refractivity contribution is -0.137. The number of halogens is 4. The van der Waals surface area contributed by atoms with Gasteiger partial charge in [-0.05, 0) is 80.3 Å². The second-order valence-corrected chi connectivity index (χ2v) is 10.5. The SMILES string of the molecule is Cc1cc(C(C)O[C@H]2CC[C@@H]3CN(C4=CC(=O)CC4)C[C@H]3C2c2ccc(F)cc2)cc(C(F)(F)F)c1. The molecule has 3 aliphatic rings. The van der Waals surface area contributed by atoms with E-state index in [-0.39, 0.29) is 29.5 Å². The van der Waals surface area contributed by atoms with E-state index in [1.807, 2.05) is 0 Å². The van der Waals surface area contributed by atoms with Gasteiger partial charge >= 0.3 is 6.18 Å². The van der Waals surface area contributed by atoms with Gasteiger partial charge in [0.05, 0.1) is 17.8 Å². The van der Waals surface area contributed by atoms with Crippen molar-refractivity contribution in [2.75, 3.05) is 13.1 Å². The van der Waals surface area contributed by atoms with E-state index in [2.05, 4.69) is 4.90 Å². The second kappa shape index (κ2) is 9.66. The highest BCUT2D eigenvalue weighted by Crippen LogP contribution is 2.49. The highest BCUT2D eigenvalue weighted by Gasteiger charge is 2.46. The number of carbonyl (C=O) groups excluding carboxylic acids is 1. The van der Waals surface area contributed by atoms with Crippen molar-refractivity contribution in [3.63, 3.8) is 0 Å². The molecule has 0 spiro atoms. The van der Waals surface area contributed by atoms with Gasteiger partial charge in [0.2, 0.25) is 0 Å². The van der Waals surface area contributed by atoms with Crippen molar-refractivity contribution in [2.24, 2.45) is 11.8 Å². The molecule has 2 aromatic carbocycles. The number of allylic oxidation sites excluding steroid dienone is 2. The molecule has 36 heavy (non-hydrogen) atoms. The molecule has 2 fully saturated rings. The Kier molecular flexibility index (Phi) is 6.70. The number of benzene rings is 2. The lowest BCUT2D eigenvalue weighted by Crippen LogP contribution is -2.38. The minimum atomic E-state index is -4.42. The van der Waals surface area contributed by atoms with E-state index < -0.39 is 17.8 Å². The van der Waals surface area contributed by atoms with Crippen LogP contribution in [-0.2, 0) is 15.7 Å². The number of rotatable bonds is 5. The number of aryl methyl sites for hydroxylation is 1. The molecule has 0 bridgehead atoms. The molecule has 0 amide bonds. The lowest BCUT2D eigenvalue weighted by Gasteiger charge is -2.41. The summed E-state index contributed by atoms with van der Waals surface area (Å²) in [6, 6.07) is 10.6. The van der Waals surface area contributed by atoms with Gasteiger partial charge in [-0.2, -0.15) is 13.2 Å². The van der Waals surface area contributed by atoms with Gasteiger partial charge in [-0.15, -0.1) is 0 Å². The van der Waals surface area contributed by atoms with Crippen molar-refractivity contribution in [1.82, 2.24) is 4.90 Å². The average molecular weight is 502 g/mol. The minimum absolute atomic E-state index is 0.0126. The number of alkyl halides is 3. The summed E-state index contributed by atoms with van der Waals surface area (Å²) in [6.45, 7) is 5.14. The minimum Gasteiger partial charge on any atom is -0.374 e. The third kappa shape index (κ3) is 5.08. The Morgan fingerprint density at radius 3 is 2.44 bits per heavy atom. The fraction of sp³-hybridized carbons (Fsp3) is 0.483. The Labute approximate surface area is 209 Å². The molecule has 1 saturated carbocycles. The molecule has 7 heteroatoms. The molecule has 2 aliphatic carbocycles. The fourth-order valence-corrected chi connectivity index (χ4v) is 6.36. The molecule has 1 saturated heterocycles. The van der Waals surface area contributed by atoms with E-state index in [0.717, 1.165) is 49.7 Å². The zero-order valence-corrected chi connectivity index (χ0v) is 20.5. The maximum Gasteiger partial charge on any atom is 0.416 e. The van der Waals surface area contributed by atoms with Gasteiger partial charge in [-0.1, -0.05) is 23.8 Å². The van der Waals surface area contributed by atoms with Gasteiger partial charge in [-0.3, -0.25) is 4.79 Å². The number of ether oxygens (including phenoxy) is 1. The highest BCUT2D eigenvalue weighted by atomic mass is 19.4. The third-order valence-corrected chi connectivity index (χ3v) is 8.07. The Bertz CT molecular complexity index is 1160. The first-order chi connectivity index (χ1) is 17.1. The van der Waals surface area contributed by atoms with Gasteiger partial charge in [-0.25, -0.2) is 4.39 Å². The Morgan fingerprint density at radius 1 is 1.03 bits per heavy atom. The molecule has 3 nitrogen and oxygen atoms in total. The molecule has 5 atom stereocenters. The standard InChI is InChI=1S/C29H31F4NO2/c1-17-11-21(13-22(12-17)29(31,32)33)18(2)36-27-10-5-20-15-34(24-8-9-25(35)14-24)16-26(20)28(27)19-3-6-23(30)7-4-19/h3-4,6-7,11-14,18,20,26-28H,5,8-10,15-16H2,1-2H3/t18?,20-,26-,27+,28?/m1/s1. The molecule has 0 radical (unpaired) electrons. The van der Waals surface area contributed by atoms with Crippen LogP contribution in [0.5, 0.6) is 0 Å². The topological polar surface area (TPSA) is 29.5 Å². The van der Waals surface area contributed by atoms with Crippen molar-refractivity contribution in [1.29, 1.82) is 0 Å². The molecule has 1 heterocycles. The average Bonchev–Trinajstić information content (AvgIpc) is 3.45. The summed E-state index contributed by atoms with van der Waals surface area (Å²) in [5.74, 6) is 0.519. The van der Waals surface area contributed by atoms with E-state index in [1.165, 1.54) is 18.2 Å². The largest absolute Gasteiger partial charge is 0.416 e. The van der Waals surface area contributed by atoms with Crippen LogP contribution >= 0.6 is 0 Å². The van der Waals surface area contributed by atoms with E-state index in [4.69, 9.17) is 4.74 Å². The first kappa shape index (κ1) is 25.0. The smallest absolute Gasteiger partial charge is 0.374 e. The molecule has 2 aromatic rings. The van der Waals surface area contributed by atoms with Crippen molar-refractivity contribution < 1.29 is 27.1 Å². The molecular weight excluding hydrogens is 470 g/mol. The number of fused-ring (bicyclic) bond motifs is 1. The number of hydrogen-bond donors (Lipinski definition) is 0. The van der Waals surface area contributed by atoms with Crippen molar-refractivity contribution in [3.05, 3.63) is 82.3 Å². The third-order valence-electron chi connectivity index (χ3n) is 8.07. The van der Waals surface area contributed by atoms with E-state index >= 15 is 0 Å². The van der Waals surface area contributed by atoms with Crippen LogP contribution in [0, 0.1) is 24.6 Å². The van der Waals surface area contributed by atoms with Crippen molar-refractivity contribution >= 4 is 5.78 Å². The predicted octanol–water partition coefficient (Wildman–Crippen LogP) is 6.97. The summed E-state index contributed by atoms with van der Waals surface area (Å²) in [4.78, 5) is 14.1. The van der Waals surface area contributed by atoms with Crippen LogP contribution in [0.25, 0.3) is 0 Å². The molecule has 2 unspecified atom stereocenters. The fourth-order valence-electron chi connectivity index (χ4n) is 6.36. The van der Waals surface area contributed by atoms with E-state index in [0.29, 0.717) is 23.5 Å². The van der Waals surface area contributed by atoms with Gasteiger partial charge < -0.3 is 9.64 Å². The van der Waals surface area contributed by atoms with Gasteiger partial charge in [0, 0.05) is 37.2 Å². The summed E-state index contributed by atoms with van der Waals surface area (Å²) in [5, 5.41) is 0. The number of nitrogens with zero attached hydrogens (tertiary/aromatic N) is 1. The van der Waals surface area contributed by atoms with Gasteiger partial charge in [0.25, 0.3) is 0 Å². The van der Waals surface area contributed by atoms with Crippen LogP contribution in [-0.4, -0.2) is 29.9 Å². The van der Waals surface area contributed by atoms with Crippen molar-refractivity contribution in [3.8, 4) is 0 Å².